The van der Waals surface area contributed by atoms with Crippen molar-refractivity contribution in [1.82, 2.24) is 0 Å². The zero-order chi connectivity index (χ0) is 43.4. The first-order chi connectivity index (χ1) is 28.5. The van der Waals surface area contributed by atoms with Crippen LogP contribution in [0.3, 0.4) is 0 Å². The minimum atomic E-state index is -5.03. The van der Waals surface area contributed by atoms with Crippen LogP contribution in [0.4, 0.5) is 0 Å². The number of unbranched alkanes of at least 4 members (excludes halogenated alkanes) is 9. The van der Waals surface area contributed by atoms with Gasteiger partial charge in [-0.25, -0.2) is 4.57 Å². The maximum Gasteiger partial charge on any atom is 0.472 e. The second-order valence-electron chi connectivity index (χ2n) is 14.8. The SMILES string of the molecule is CC/C=C\C/C=C\C/C=C\C/C=C\C/C=C\C/C=C\C/C=C\CCCCOCC(COP(=O)(O)OC1C(O)C(O)C(O)C(O)C1O)OC(=O)CCCCCCCCCC. The lowest BCUT2D eigenvalue weighted by Crippen LogP contribution is -2.64. The van der Waals surface area contributed by atoms with Crippen molar-refractivity contribution in [2.45, 2.75) is 179 Å². The number of esters is 1. The van der Waals surface area contributed by atoms with E-state index in [9.17, 15) is 39.8 Å². The van der Waals surface area contributed by atoms with Crippen molar-refractivity contribution in [1.29, 1.82) is 0 Å². The average Bonchev–Trinajstić information content (AvgIpc) is 3.22. The standard InChI is InChI=1S/C46H77O12P/c1-3-5-7-9-11-13-14-15-16-17-18-19-20-21-22-23-24-25-26-27-28-30-32-34-36-55-37-39(57-40(47)35-33-31-29-12-10-8-6-4-2)38-56-59(53,54)58-46-44(51)42(49)41(48)43(50)45(46)52/h5,7,11,13,15-16,18-19,21-22,24-25,27-28,39,41-46,48-52H,3-4,6,8-10,12,14,17,20,23,26,29-38H2,1-2H3,(H,53,54)/b7-5-,13-11-,16-15-,19-18-,22-21-,25-24-,28-27-. The summed E-state index contributed by atoms with van der Waals surface area (Å²) < 4.78 is 33.9. The molecule has 12 nitrogen and oxygen atoms in total. The molecule has 6 atom stereocenters. The number of allylic oxidation sites excluding steroid dienone is 14. The van der Waals surface area contributed by atoms with Gasteiger partial charge in [0.05, 0.1) is 13.2 Å². The van der Waals surface area contributed by atoms with E-state index >= 15 is 0 Å². The van der Waals surface area contributed by atoms with Crippen LogP contribution in [-0.4, -0.2) is 98.9 Å². The fourth-order valence-corrected chi connectivity index (χ4v) is 7.01. The number of hydrogen-bond acceptors (Lipinski definition) is 11. The van der Waals surface area contributed by atoms with E-state index in [-0.39, 0.29) is 13.0 Å². The number of hydrogen-bond donors (Lipinski definition) is 6. The molecule has 0 bridgehead atoms. The summed E-state index contributed by atoms with van der Waals surface area (Å²) in [5.74, 6) is -0.503. The van der Waals surface area contributed by atoms with E-state index in [0.29, 0.717) is 13.0 Å². The number of aliphatic hydroxyl groups is 5. The van der Waals surface area contributed by atoms with Gasteiger partial charge in [-0.15, -0.1) is 0 Å². The van der Waals surface area contributed by atoms with Gasteiger partial charge in [-0.05, 0) is 70.6 Å². The molecule has 6 unspecified atom stereocenters. The minimum Gasteiger partial charge on any atom is -0.457 e. The van der Waals surface area contributed by atoms with Gasteiger partial charge in [-0.2, -0.15) is 0 Å². The Morgan fingerprint density at radius 2 is 1.00 bits per heavy atom. The predicted molar refractivity (Wildman–Crippen MR) is 234 cm³/mol. The van der Waals surface area contributed by atoms with E-state index in [1.165, 1.54) is 25.7 Å². The van der Waals surface area contributed by atoms with Crippen LogP contribution in [0.2, 0.25) is 0 Å². The molecule has 1 rings (SSSR count). The second kappa shape index (κ2) is 36.2. The third kappa shape index (κ3) is 28.6. The lowest BCUT2D eigenvalue weighted by atomic mass is 9.85. The van der Waals surface area contributed by atoms with Crippen molar-refractivity contribution in [2.75, 3.05) is 19.8 Å². The van der Waals surface area contributed by atoms with Gasteiger partial charge in [0.1, 0.15) is 42.7 Å². The van der Waals surface area contributed by atoms with E-state index in [1.54, 1.807) is 0 Å². The topological polar surface area (TPSA) is 192 Å². The maximum atomic E-state index is 12.8. The van der Waals surface area contributed by atoms with Gasteiger partial charge in [-0.1, -0.05) is 144 Å². The highest BCUT2D eigenvalue weighted by Gasteiger charge is 2.51. The smallest absolute Gasteiger partial charge is 0.457 e. The lowest BCUT2D eigenvalue weighted by molar-refractivity contribution is -0.220. The largest absolute Gasteiger partial charge is 0.472 e. The molecule has 1 fully saturated rings. The molecule has 1 saturated carbocycles. The number of ether oxygens (including phenoxy) is 2. The summed E-state index contributed by atoms with van der Waals surface area (Å²) in [7, 11) is -5.03. The van der Waals surface area contributed by atoms with Gasteiger partial charge < -0.3 is 39.9 Å². The molecule has 0 aliphatic heterocycles. The molecular weight excluding hydrogens is 775 g/mol. The van der Waals surface area contributed by atoms with Crippen molar-refractivity contribution in [3.8, 4) is 0 Å². The highest BCUT2D eigenvalue weighted by molar-refractivity contribution is 7.47. The Labute approximate surface area is 354 Å². The molecule has 1 aliphatic rings. The van der Waals surface area contributed by atoms with Gasteiger partial charge in [0.15, 0.2) is 0 Å². The van der Waals surface area contributed by atoms with Crippen LogP contribution in [0.5, 0.6) is 0 Å². The maximum absolute atomic E-state index is 12.8. The Bertz CT molecular complexity index is 1290. The molecule has 6 N–H and O–H groups in total. The molecule has 13 heteroatoms. The fraction of sp³-hybridized carbons (Fsp3) is 0.674. The Balaban J connectivity index is 2.39. The summed E-state index contributed by atoms with van der Waals surface area (Å²) in [6.07, 6.45) is 35.4. The summed E-state index contributed by atoms with van der Waals surface area (Å²) in [5.41, 5.74) is 0. The van der Waals surface area contributed by atoms with Crippen LogP contribution in [0.1, 0.15) is 136 Å². The van der Waals surface area contributed by atoms with Gasteiger partial charge in [0, 0.05) is 13.0 Å². The molecule has 0 aromatic rings. The average molecular weight is 853 g/mol. The summed E-state index contributed by atoms with van der Waals surface area (Å²) >= 11 is 0. The number of phosphoric ester groups is 1. The van der Waals surface area contributed by atoms with Gasteiger partial charge in [-0.3, -0.25) is 13.8 Å². The second-order valence-corrected chi connectivity index (χ2v) is 16.2. The third-order valence-corrected chi connectivity index (χ3v) is 10.5. The quantitative estimate of drug-likeness (QED) is 0.0154. The van der Waals surface area contributed by atoms with Crippen molar-refractivity contribution < 1.29 is 58.3 Å². The molecule has 0 amide bonds. The van der Waals surface area contributed by atoms with Crippen molar-refractivity contribution >= 4 is 13.8 Å². The first-order valence-electron chi connectivity index (χ1n) is 21.9. The zero-order valence-corrected chi connectivity index (χ0v) is 36.7. The molecule has 1 aliphatic carbocycles. The molecule has 0 aromatic heterocycles. The molecule has 59 heavy (non-hydrogen) atoms. The van der Waals surface area contributed by atoms with Gasteiger partial charge >= 0.3 is 13.8 Å². The number of aliphatic hydroxyl groups excluding tert-OH is 5. The highest BCUT2D eigenvalue weighted by Crippen LogP contribution is 2.47. The van der Waals surface area contributed by atoms with Crippen LogP contribution in [0.15, 0.2) is 85.1 Å². The predicted octanol–water partition coefficient (Wildman–Crippen LogP) is 8.58. The monoisotopic (exact) mass is 853 g/mol. The van der Waals surface area contributed by atoms with Crippen LogP contribution >= 0.6 is 7.82 Å². The van der Waals surface area contributed by atoms with Crippen molar-refractivity contribution in [3.05, 3.63) is 85.1 Å². The number of rotatable bonds is 35. The van der Waals surface area contributed by atoms with Crippen LogP contribution in [-0.2, 0) is 27.9 Å². The molecule has 0 spiro atoms. The summed E-state index contributed by atoms with van der Waals surface area (Å²) in [5, 5.41) is 50.0. The summed E-state index contributed by atoms with van der Waals surface area (Å²) in [4.78, 5) is 23.0. The Morgan fingerprint density at radius 3 is 1.49 bits per heavy atom. The Kier molecular flexibility index (Phi) is 33.5. The molecular formula is C46H77O12P. The first kappa shape index (κ1) is 54.5. The fourth-order valence-electron chi connectivity index (χ4n) is 6.04. The van der Waals surface area contributed by atoms with Crippen molar-refractivity contribution in [3.63, 3.8) is 0 Å². The van der Waals surface area contributed by atoms with Crippen LogP contribution < -0.4 is 0 Å². The Hall–Kier alpha value is -2.48. The van der Waals surface area contributed by atoms with Crippen molar-refractivity contribution in [2.24, 2.45) is 0 Å². The number of carbonyl (C=O) groups is 1. The van der Waals surface area contributed by atoms with E-state index in [1.807, 2.05) is 0 Å². The normalized spacial score (nSPS) is 23.3. The molecule has 338 valence electrons. The third-order valence-electron chi connectivity index (χ3n) is 9.53. The van der Waals surface area contributed by atoms with Gasteiger partial charge in [0.2, 0.25) is 0 Å². The molecule has 0 heterocycles. The molecule has 0 radical (unpaired) electrons. The number of carbonyl (C=O) groups excluding carboxylic acids is 1. The molecule has 0 aromatic carbocycles. The van der Waals surface area contributed by atoms with Crippen LogP contribution in [0, 0.1) is 0 Å². The summed E-state index contributed by atoms with van der Waals surface area (Å²) in [6.45, 7) is 3.97. The lowest BCUT2D eigenvalue weighted by Gasteiger charge is -2.41. The van der Waals surface area contributed by atoms with E-state index in [2.05, 4.69) is 98.9 Å². The van der Waals surface area contributed by atoms with E-state index < -0.39 is 63.1 Å². The first-order valence-corrected chi connectivity index (χ1v) is 23.4. The number of phosphoric acid groups is 1. The zero-order valence-electron chi connectivity index (χ0n) is 35.8. The van der Waals surface area contributed by atoms with Crippen LogP contribution in [0.25, 0.3) is 0 Å². The Morgan fingerprint density at radius 1 is 0.559 bits per heavy atom. The van der Waals surface area contributed by atoms with E-state index in [0.717, 1.165) is 83.5 Å². The minimum absolute atomic E-state index is 0.111. The molecule has 0 saturated heterocycles. The van der Waals surface area contributed by atoms with Gasteiger partial charge in [0.25, 0.3) is 0 Å². The highest BCUT2D eigenvalue weighted by atomic mass is 31.2. The summed E-state index contributed by atoms with van der Waals surface area (Å²) in [6, 6.07) is 0. The van der Waals surface area contributed by atoms with E-state index in [4.69, 9.17) is 18.5 Å².